The number of rotatable bonds is 7. The van der Waals surface area contributed by atoms with Gasteiger partial charge >= 0.3 is 0 Å². The van der Waals surface area contributed by atoms with Crippen LogP contribution in [0.2, 0.25) is 0 Å². The highest BCUT2D eigenvalue weighted by Gasteiger charge is 2.12. The van der Waals surface area contributed by atoms with Crippen molar-refractivity contribution in [2.75, 3.05) is 0 Å². The summed E-state index contributed by atoms with van der Waals surface area (Å²) in [7, 11) is 0. The van der Waals surface area contributed by atoms with E-state index in [1.807, 2.05) is 6.20 Å². The third-order valence-corrected chi connectivity index (χ3v) is 4.74. The fraction of sp³-hybridized carbons (Fsp3) is 0.476. The lowest BCUT2D eigenvalue weighted by molar-refractivity contribution is 0.277. The molecule has 1 unspecified atom stereocenters. The molecule has 0 saturated heterocycles. The van der Waals surface area contributed by atoms with Crippen LogP contribution in [-0.4, -0.2) is 10.1 Å². The normalized spacial score (nSPS) is 12.4. The van der Waals surface area contributed by atoms with E-state index in [1.165, 1.54) is 34.2 Å². The molecular weight excluding hydrogens is 282 g/mol. The molecule has 0 aliphatic heterocycles. The molecule has 23 heavy (non-hydrogen) atoms. The Morgan fingerprint density at radius 1 is 1.17 bits per heavy atom. The second-order valence-corrected chi connectivity index (χ2v) is 6.48. The van der Waals surface area contributed by atoms with E-state index in [9.17, 15) is 5.11 Å². The Labute approximate surface area is 140 Å². The summed E-state index contributed by atoms with van der Waals surface area (Å²) in [4.78, 5) is 4.38. The van der Waals surface area contributed by atoms with Gasteiger partial charge in [-0.2, -0.15) is 0 Å². The van der Waals surface area contributed by atoms with Crippen LogP contribution in [0.5, 0.6) is 0 Å². The van der Waals surface area contributed by atoms with Crippen LogP contribution < -0.4 is 0 Å². The first-order valence-electron chi connectivity index (χ1n) is 8.80. The van der Waals surface area contributed by atoms with Gasteiger partial charge in [-0.25, -0.2) is 0 Å². The van der Waals surface area contributed by atoms with E-state index >= 15 is 0 Å². The highest BCUT2D eigenvalue weighted by atomic mass is 16.3. The lowest BCUT2D eigenvalue weighted by atomic mass is 9.89. The van der Waals surface area contributed by atoms with E-state index in [4.69, 9.17) is 0 Å². The van der Waals surface area contributed by atoms with Crippen LogP contribution >= 0.6 is 0 Å². The number of aliphatic hydroxyl groups is 1. The van der Waals surface area contributed by atoms with Crippen molar-refractivity contribution in [2.45, 2.75) is 65.9 Å². The molecular formula is C21H29NO. The molecule has 0 aliphatic carbocycles. The maximum Gasteiger partial charge on any atom is 0.0853 e. The minimum absolute atomic E-state index is 0.00879. The van der Waals surface area contributed by atoms with Gasteiger partial charge in [0, 0.05) is 6.20 Å². The van der Waals surface area contributed by atoms with Crippen LogP contribution in [0.1, 0.15) is 68.3 Å². The van der Waals surface area contributed by atoms with Crippen LogP contribution in [0.15, 0.2) is 30.5 Å². The summed E-state index contributed by atoms with van der Waals surface area (Å²) in [5, 5.41) is 9.44. The lowest BCUT2D eigenvalue weighted by Gasteiger charge is -2.16. The molecule has 2 nitrogen and oxygen atoms in total. The number of benzene rings is 1. The van der Waals surface area contributed by atoms with Gasteiger partial charge < -0.3 is 5.11 Å². The van der Waals surface area contributed by atoms with Gasteiger partial charge in [-0.1, -0.05) is 45.4 Å². The summed E-state index contributed by atoms with van der Waals surface area (Å²) in [6.45, 7) is 8.91. The number of nitrogens with zero attached hydrogens (tertiary/aromatic N) is 1. The topological polar surface area (TPSA) is 33.1 Å². The molecule has 0 bridgehead atoms. The molecule has 1 atom stereocenters. The predicted molar refractivity (Wildman–Crippen MR) is 97.7 cm³/mol. The maximum atomic E-state index is 9.44. The first-order chi connectivity index (χ1) is 11.1. The summed E-state index contributed by atoms with van der Waals surface area (Å²) in [5.41, 5.74) is 7.27. The Kier molecular flexibility index (Phi) is 6.35. The minimum Gasteiger partial charge on any atom is -0.390 e. The van der Waals surface area contributed by atoms with Crippen molar-refractivity contribution in [1.29, 1.82) is 0 Å². The summed E-state index contributed by atoms with van der Waals surface area (Å²) in [5.74, 6) is 0.563. The van der Waals surface area contributed by atoms with Crippen LogP contribution in [-0.2, 0) is 13.0 Å². The van der Waals surface area contributed by atoms with Gasteiger partial charge in [-0.3, -0.25) is 4.98 Å². The van der Waals surface area contributed by atoms with Crippen molar-refractivity contribution in [1.82, 2.24) is 4.98 Å². The molecule has 0 amide bonds. The van der Waals surface area contributed by atoms with Crippen molar-refractivity contribution in [3.8, 4) is 11.1 Å². The number of aliphatic hydroxyl groups excluding tert-OH is 1. The van der Waals surface area contributed by atoms with Crippen LogP contribution in [0.25, 0.3) is 11.1 Å². The SMILES string of the molecule is CCCCc1cnc(CO)cc1-c1ccc(C)c(C(C)CC)c1. The van der Waals surface area contributed by atoms with Crippen molar-refractivity contribution in [2.24, 2.45) is 0 Å². The van der Waals surface area contributed by atoms with Gasteiger partial charge in [-0.15, -0.1) is 0 Å². The molecule has 0 saturated carbocycles. The third-order valence-electron chi connectivity index (χ3n) is 4.74. The molecule has 1 aromatic carbocycles. The number of unbranched alkanes of at least 4 members (excludes halogenated alkanes) is 1. The van der Waals surface area contributed by atoms with Gasteiger partial charge in [0.15, 0.2) is 0 Å². The zero-order valence-electron chi connectivity index (χ0n) is 14.9. The molecule has 0 spiro atoms. The van der Waals surface area contributed by atoms with Crippen molar-refractivity contribution >= 4 is 0 Å². The second-order valence-electron chi connectivity index (χ2n) is 6.48. The number of pyridine rings is 1. The highest BCUT2D eigenvalue weighted by Crippen LogP contribution is 2.31. The predicted octanol–water partition coefficient (Wildman–Crippen LogP) is 5.41. The molecule has 1 aromatic heterocycles. The molecule has 124 valence electrons. The van der Waals surface area contributed by atoms with E-state index in [1.54, 1.807) is 0 Å². The number of hydrogen-bond acceptors (Lipinski definition) is 2. The Morgan fingerprint density at radius 2 is 1.96 bits per heavy atom. The number of aryl methyl sites for hydroxylation is 2. The standard InChI is InChI=1S/C21H29NO/c1-5-7-8-18-13-22-19(14-23)12-21(18)17-10-9-16(4)20(11-17)15(3)6-2/h9-13,15,23H,5-8,14H2,1-4H3. The maximum absolute atomic E-state index is 9.44. The zero-order chi connectivity index (χ0) is 16.8. The van der Waals surface area contributed by atoms with E-state index in [0.717, 1.165) is 25.0 Å². The Balaban J connectivity index is 2.50. The fourth-order valence-electron chi connectivity index (χ4n) is 3.01. The van der Waals surface area contributed by atoms with E-state index in [-0.39, 0.29) is 6.61 Å². The average Bonchev–Trinajstić information content (AvgIpc) is 2.59. The number of aromatic nitrogens is 1. The molecule has 1 heterocycles. The van der Waals surface area contributed by atoms with Crippen molar-refractivity contribution in [3.05, 3.63) is 52.8 Å². The molecule has 0 aliphatic rings. The van der Waals surface area contributed by atoms with Crippen LogP contribution in [0.4, 0.5) is 0 Å². The van der Waals surface area contributed by atoms with Gasteiger partial charge in [0.2, 0.25) is 0 Å². The summed E-state index contributed by atoms with van der Waals surface area (Å²) >= 11 is 0. The summed E-state index contributed by atoms with van der Waals surface area (Å²) in [6.07, 6.45) is 6.46. The first-order valence-corrected chi connectivity index (χ1v) is 8.80. The average molecular weight is 311 g/mol. The van der Waals surface area contributed by atoms with Gasteiger partial charge in [-0.05, 0) is 66.0 Å². The Bertz CT molecular complexity index is 648. The number of hydrogen-bond donors (Lipinski definition) is 1. The van der Waals surface area contributed by atoms with E-state index in [2.05, 4.69) is 56.9 Å². The smallest absolute Gasteiger partial charge is 0.0853 e. The molecule has 2 aromatic rings. The molecule has 2 rings (SSSR count). The monoisotopic (exact) mass is 311 g/mol. The lowest BCUT2D eigenvalue weighted by Crippen LogP contribution is -1.99. The van der Waals surface area contributed by atoms with Crippen LogP contribution in [0, 0.1) is 6.92 Å². The fourth-order valence-corrected chi connectivity index (χ4v) is 3.01. The van der Waals surface area contributed by atoms with Gasteiger partial charge in [0.1, 0.15) is 0 Å². The molecule has 1 N–H and O–H groups in total. The van der Waals surface area contributed by atoms with Crippen molar-refractivity contribution in [3.63, 3.8) is 0 Å². The van der Waals surface area contributed by atoms with Gasteiger partial charge in [0.25, 0.3) is 0 Å². The summed E-state index contributed by atoms with van der Waals surface area (Å²) < 4.78 is 0. The van der Waals surface area contributed by atoms with Gasteiger partial charge in [0.05, 0.1) is 12.3 Å². The van der Waals surface area contributed by atoms with E-state index in [0.29, 0.717) is 5.92 Å². The van der Waals surface area contributed by atoms with Crippen molar-refractivity contribution < 1.29 is 5.11 Å². The minimum atomic E-state index is -0.00879. The van der Waals surface area contributed by atoms with Crippen LogP contribution in [0.3, 0.4) is 0 Å². The Hall–Kier alpha value is -1.67. The molecule has 0 radical (unpaired) electrons. The largest absolute Gasteiger partial charge is 0.390 e. The molecule has 2 heteroatoms. The Morgan fingerprint density at radius 3 is 2.61 bits per heavy atom. The third kappa shape index (κ3) is 4.20. The highest BCUT2D eigenvalue weighted by molar-refractivity contribution is 5.69. The second kappa shape index (κ2) is 8.26. The molecule has 0 fully saturated rings. The van der Waals surface area contributed by atoms with E-state index < -0.39 is 0 Å². The quantitative estimate of drug-likeness (QED) is 0.742. The zero-order valence-corrected chi connectivity index (χ0v) is 14.9. The summed E-state index contributed by atoms with van der Waals surface area (Å²) in [6, 6.07) is 8.80. The first kappa shape index (κ1) is 17.7.